The molecule has 0 spiro atoms. The van der Waals surface area contributed by atoms with Crippen molar-refractivity contribution in [2.24, 2.45) is 0 Å². The van der Waals surface area contributed by atoms with Gasteiger partial charge in [-0.05, 0) is 22.4 Å². The Morgan fingerprint density at radius 1 is 1.65 bits per heavy atom. The highest BCUT2D eigenvalue weighted by Gasteiger charge is 2.27. The molecule has 0 amide bonds. The van der Waals surface area contributed by atoms with Crippen molar-refractivity contribution >= 4 is 17.3 Å². The molecule has 2 aromatic heterocycles. The highest BCUT2D eigenvalue weighted by molar-refractivity contribution is 7.07. The minimum absolute atomic E-state index is 0.0197. The number of carbonyl (C=O) groups is 1. The number of fused-ring (bicyclic) bond motifs is 1. The lowest BCUT2D eigenvalue weighted by atomic mass is 10.1. The third-order valence-electron chi connectivity index (χ3n) is 2.72. The highest BCUT2D eigenvalue weighted by Crippen LogP contribution is 2.27. The van der Waals surface area contributed by atoms with E-state index >= 15 is 0 Å². The number of thiophene rings is 1. The van der Waals surface area contributed by atoms with Crippen molar-refractivity contribution in [2.75, 3.05) is 0 Å². The first-order valence-electron chi connectivity index (χ1n) is 5.05. The fraction of sp³-hybridized carbons (Fsp3) is 0.300. The van der Waals surface area contributed by atoms with Crippen molar-refractivity contribution in [3.63, 3.8) is 0 Å². The van der Waals surface area contributed by atoms with Gasteiger partial charge in [-0.2, -0.15) is 11.3 Å². The Morgan fingerprint density at radius 3 is 3.24 bits per heavy atom. The topological polar surface area (TPSA) is 77.2 Å². The molecule has 0 radical (unpaired) electrons. The third-order valence-corrected chi connectivity index (χ3v) is 3.42. The SMILES string of the molecule is O=C(O)c1nnn2c1COC(c1ccsc1)C2. The van der Waals surface area contributed by atoms with Gasteiger partial charge >= 0.3 is 5.97 Å². The number of aromatic nitrogens is 3. The summed E-state index contributed by atoms with van der Waals surface area (Å²) in [4.78, 5) is 10.9. The molecule has 17 heavy (non-hydrogen) atoms. The number of nitrogens with zero attached hydrogens (tertiary/aromatic N) is 3. The molecule has 1 aliphatic heterocycles. The van der Waals surface area contributed by atoms with Crippen LogP contribution >= 0.6 is 11.3 Å². The van der Waals surface area contributed by atoms with Gasteiger partial charge in [0, 0.05) is 0 Å². The maximum absolute atomic E-state index is 10.9. The second-order valence-corrected chi connectivity index (χ2v) is 4.51. The van der Waals surface area contributed by atoms with Crippen molar-refractivity contribution in [1.82, 2.24) is 15.0 Å². The zero-order valence-corrected chi connectivity index (χ0v) is 9.55. The van der Waals surface area contributed by atoms with Gasteiger partial charge in [-0.3, -0.25) is 0 Å². The number of carboxylic acid groups (broad SMARTS) is 1. The molecule has 0 aromatic carbocycles. The number of carboxylic acids is 1. The van der Waals surface area contributed by atoms with E-state index < -0.39 is 5.97 Å². The van der Waals surface area contributed by atoms with Crippen LogP contribution in [0.5, 0.6) is 0 Å². The lowest BCUT2D eigenvalue weighted by molar-refractivity contribution is -0.00182. The Bertz CT molecular complexity index is 549. The lowest BCUT2D eigenvalue weighted by Crippen LogP contribution is -2.22. The van der Waals surface area contributed by atoms with E-state index in [0.717, 1.165) is 5.56 Å². The Balaban J connectivity index is 1.89. The molecule has 0 saturated carbocycles. The van der Waals surface area contributed by atoms with E-state index in [-0.39, 0.29) is 18.4 Å². The molecule has 0 fully saturated rings. The van der Waals surface area contributed by atoms with Crippen LogP contribution in [0.2, 0.25) is 0 Å². The number of hydrogen-bond donors (Lipinski definition) is 1. The van der Waals surface area contributed by atoms with E-state index in [2.05, 4.69) is 10.3 Å². The van der Waals surface area contributed by atoms with Crippen molar-refractivity contribution < 1.29 is 14.6 Å². The molecule has 6 nitrogen and oxygen atoms in total. The molecule has 7 heteroatoms. The average Bonchev–Trinajstić information content (AvgIpc) is 2.97. The molecule has 1 unspecified atom stereocenters. The highest BCUT2D eigenvalue weighted by atomic mass is 32.1. The average molecular weight is 251 g/mol. The molecule has 1 atom stereocenters. The van der Waals surface area contributed by atoms with E-state index in [9.17, 15) is 4.79 Å². The third kappa shape index (κ3) is 1.73. The quantitative estimate of drug-likeness (QED) is 0.870. The Morgan fingerprint density at radius 2 is 2.53 bits per heavy atom. The smallest absolute Gasteiger partial charge is 0.358 e. The van der Waals surface area contributed by atoms with Gasteiger partial charge in [0.1, 0.15) is 6.10 Å². The molecular weight excluding hydrogens is 242 g/mol. The molecule has 1 N–H and O–H groups in total. The van der Waals surface area contributed by atoms with Crippen molar-refractivity contribution in [3.05, 3.63) is 33.8 Å². The van der Waals surface area contributed by atoms with Gasteiger partial charge in [0.05, 0.1) is 18.8 Å². The predicted molar refractivity (Wildman–Crippen MR) is 58.8 cm³/mol. The molecule has 0 bridgehead atoms. The number of hydrogen-bond acceptors (Lipinski definition) is 5. The van der Waals surface area contributed by atoms with Gasteiger partial charge in [-0.25, -0.2) is 9.48 Å². The van der Waals surface area contributed by atoms with Crippen LogP contribution in [-0.4, -0.2) is 26.1 Å². The van der Waals surface area contributed by atoms with E-state index in [4.69, 9.17) is 9.84 Å². The van der Waals surface area contributed by atoms with E-state index in [0.29, 0.717) is 12.2 Å². The van der Waals surface area contributed by atoms with E-state index in [1.165, 1.54) is 0 Å². The summed E-state index contributed by atoms with van der Waals surface area (Å²) in [7, 11) is 0. The summed E-state index contributed by atoms with van der Waals surface area (Å²) >= 11 is 1.61. The molecule has 3 rings (SSSR count). The van der Waals surface area contributed by atoms with Crippen molar-refractivity contribution in [2.45, 2.75) is 19.3 Å². The van der Waals surface area contributed by atoms with E-state index in [1.54, 1.807) is 16.0 Å². The Labute approximate surface area is 100 Å². The minimum atomic E-state index is -1.07. The summed E-state index contributed by atoms with van der Waals surface area (Å²) < 4.78 is 7.25. The van der Waals surface area contributed by atoms with Gasteiger partial charge in [0.25, 0.3) is 0 Å². The number of aromatic carboxylic acids is 1. The zero-order valence-electron chi connectivity index (χ0n) is 8.74. The number of rotatable bonds is 2. The van der Waals surface area contributed by atoms with Crippen LogP contribution in [0.4, 0.5) is 0 Å². The second kappa shape index (κ2) is 3.94. The predicted octanol–water partition coefficient (Wildman–Crippen LogP) is 1.31. The van der Waals surface area contributed by atoms with E-state index in [1.807, 2.05) is 16.8 Å². The fourth-order valence-corrected chi connectivity index (χ4v) is 2.54. The van der Waals surface area contributed by atoms with Crippen LogP contribution in [0.15, 0.2) is 16.8 Å². The van der Waals surface area contributed by atoms with Crippen LogP contribution in [-0.2, 0) is 17.9 Å². The van der Waals surface area contributed by atoms with Crippen LogP contribution in [0, 0.1) is 0 Å². The van der Waals surface area contributed by atoms with Crippen LogP contribution in [0.25, 0.3) is 0 Å². The van der Waals surface area contributed by atoms with Gasteiger partial charge in [-0.15, -0.1) is 5.10 Å². The lowest BCUT2D eigenvalue weighted by Gasteiger charge is -2.23. The molecule has 2 aromatic rings. The summed E-state index contributed by atoms with van der Waals surface area (Å²) in [5.74, 6) is -1.07. The summed E-state index contributed by atoms with van der Waals surface area (Å²) in [6.07, 6.45) is -0.0721. The van der Waals surface area contributed by atoms with Crippen molar-refractivity contribution in [3.8, 4) is 0 Å². The Hall–Kier alpha value is -1.73. The maximum atomic E-state index is 10.9. The first-order chi connectivity index (χ1) is 8.25. The molecule has 88 valence electrons. The van der Waals surface area contributed by atoms with Crippen LogP contribution in [0.3, 0.4) is 0 Å². The summed E-state index contributed by atoms with van der Waals surface area (Å²) in [6.45, 7) is 0.738. The van der Waals surface area contributed by atoms with Crippen LogP contribution < -0.4 is 0 Å². The summed E-state index contributed by atoms with van der Waals surface area (Å²) in [6, 6.07) is 2.00. The number of ether oxygens (including phenoxy) is 1. The molecule has 1 aliphatic rings. The zero-order chi connectivity index (χ0) is 11.8. The first-order valence-corrected chi connectivity index (χ1v) is 5.99. The monoisotopic (exact) mass is 251 g/mol. The minimum Gasteiger partial charge on any atom is -0.476 e. The van der Waals surface area contributed by atoms with Crippen LogP contribution in [0.1, 0.15) is 27.8 Å². The summed E-state index contributed by atoms with van der Waals surface area (Å²) in [5, 5.41) is 20.4. The van der Waals surface area contributed by atoms with Gasteiger partial charge in [0.2, 0.25) is 0 Å². The Kier molecular flexibility index (Phi) is 2.41. The molecule has 0 saturated heterocycles. The second-order valence-electron chi connectivity index (χ2n) is 3.73. The van der Waals surface area contributed by atoms with Gasteiger partial charge < -0.3 is 9.84 Å². The molecule has 3 heterocycles. The fourth-order valence-electron chi connectivity index (χ4n) is 1.84. The summed E-state index contributed by atoms with van der Waals surface area (Å²) in [5.41, 5.74) is 1.60. The molecule has 0 aliphatic carbocycles. The van der Waals surface area contributed by atoms with Gasteiger partial charge in [0.15, 0.2) is 5.69 Å². The molecular formula is C10H9N3O3S. The normalized spacial score (nSPS) is 18.9. The van der Waals surface area contributed by atoms with Gasteiger partial charge in [-0.1, -0.05) is 5.21 Å². The maximum Gasteiger partial charge on any atom is 0.358 e. The first kappa shape index (κ1) is 10.4. The standard InChI is InChI=1S/C10H9N3O3S/c14-10(15)9-7-4-16-8(3-13(7)12-11-9)6-1-2-17-5-6/h1-2,5,8H,3-4H2,(H,14,15). The largest absolute Gasteiger partial charge is 0.476 e. The van der Waals surface area contributed by atoms with Crippen molar-refractivity contribution in [1.29, 1.82) is 0 Å².